The average molecular weight is 331 g/mol. The zero-order chi connectivity index (χ0) is 18.2. The second-order valence-corrected chi connectivity index (χ2v) is 4.79. The molecule has 4 amide bonds. The molecule has 0 saturated heterocycles. The van der Waals surface area contributed by atoms with E-state index in [1.807, 2.05) is 0 Å². The molecule has 0 aliphatic rings. The van der Waals surface area contributed by atoms with Gasteiger partial charge in [0.05, 0.1) is 13.0 Å². The highest BCUT2D eigenvalue weighted by Crippen LogP contribution is 1.96. The minimum atomic E-state index is -1.36. The molecule has 0 aliphatic heterocycles. The van der Waals surface area contributed by atoms with Gasteiger partial charge in [0, 0.05) is 0 Å². The summed E-state index contributed by atoms with van der Waals surface area (Å²) >= 11 is 0. The Labute approximate surface area is 132 Å². The van der Waals surface area contributed by atoms with Gasteiger partial charge in [-0.1, -0.05) is 0 Å². The first-order chi connectivity index (χ1) is 10.6. The van der Waals surface area contributed by atoms with Gasteiger partial charge in [0.25, 0.3) is 0 Å². The van der Waals surface area contributed by atoms with Crippen LogP contribution in [0.3, 0.4) is 0 Å². The van der Waals surface area contributed by atoms with Gasteiger partial charge in [0.1, 0.15) is 18.1 Å². The molecule has 0 bridgehead atoms. The second kappa shape index (κ2) is 9.35. The van der Waals surface area contributed by atoms with Crippen LogP contribution in [0.15, 0.2) is 0 Å². The number of primary amides is 1. The van der Waals surface area contributed by atoms with E-state index in [4.69, 9.17) is 16.6 Å². The van der Waals surface area contributed by atoms with Crippen molar-refractivity contribution in [2.24, 2.45) is 11.5 Å². The van der Waals surface area contributed by atoms with Crippen molar-refractivity contribution in [1.29, 1.82) is 0 Å². The summed E-state index contributed by atoms with van der Waals surface area (Å²) in [6.07, 6.45) is -0.526. The standard InChI is InChI=1S/C12H21N5O6/c1-5(15-9(19)4-13)10(20)17-7(3-8(14)18)11(21)16-6(2)12(22)23/h5-7H,3-4,13H2,1-2H3,(H2,14,18)(H,15,19)(H,16,21)(H,17,20)(H,22,23). The Morgan fingerprint density at radius 1 is 0.957 bits per heavy atom. The Kier molecular flexibility index (Phi) is 8.26. The van der Waals surface area contributed by atoms with Crippen molar-refractivity contribution >= 4 is 29.6 Å². The van der Waals surface area contributed by atoms with Crippen molar-refractivity contribution in [2.75, 3.05) is 6.54 Å². The molecule has 11 heteroatoms. The van der Waals surface area contributed by atoms with Gasteiger partial charge in [-0.15, -0.1) is 0 Å². The van der Waals surface area contributed by atoms with Crippen molar-refractivity contribution in [3.05, 3.63) is 0 Å². The first kappa shape index (κ1) is 20.3. The van der Waals surface area contributed by atoms with E-state index in [1.165, 1.54) is 13.8 Å². The molecule has 0 aromatic heterocycles. The maximum atomic E-state index is 11.9. The molecule has 3 unspecified atom stereocenters. The lowest BCUT2D eigenvalue weighted by atomic mass is 10.1. The molecule has 130 valence electrons. The SMILES string of the molecule is CC(NC(=O)C(CC(N)=O)NC(=O)C(C)NC(=O)CN)C(=O)O. The normalized spacial score (nSPS) is 14.0. The number of nitrogens with two attached hydrogens (primary N) is 2. The van der Waals surface area contributed by atoms with Crippen LogP contribution in [-0.4, -0.2) is 59.4 Å². The monoisotopic (exact) mass is 331 g/mol. The van der Waals surface area contributed by atoms with Crippen LogP contribution in [0.4, 0.5) is 0 Å². The molecule has 0 aromatic carbocycles. The Hall–Kier alpha value is -2.69. The number of amides is 4. The van der Waals surface area contributed by atoms with Crippen molar-refractivity contribution in [1.82, 2.24) is 16.0 Å². The fraction of sp³-hybridized carbons (Fsp3) is 0.583. The molecule has 0 aliphatic carbocycles. The highest BCUT2D eigenvalue weighted by Gasteiger charge is 2.27. The molecule has 0 rings (SSSR count). The fourth-order valence-electron chi connectivity index (χ4n) is 1.45. The predicted molar refractivity (Wildman–Crippen MR) is 77.6 cm³/mol. The van der Waals surface area contributed by atoms with Gasteiger partial charge >= 0.3 is 5.97 Å². The lowest BCUT2D eigenvalue weighted by Crippen LogP contribution is -2.56. The van der Waals surface area contributed by atoms with E-state index in [2.05, 4.69) is 16.0 Å². The molecule has 3 atom stereocenters. The number of carboxylic acid groups (broad SMARTS) is 1. The summed E-state index contributed by atoms with van der Waals surface area (Å²) in [6.45, 7) is 2.24. The zero-order valence-corrected chi connectivity index (χ0v) is 12.8. The number of aliphatic carboxylic acids is 1. The minimum absolute atomic E-state index is 0.320. The third-order valence-corrected chi connectivity index (χ3v) is 2.72. The summed E-state index contributed by atoms with van der Waals surface area (Å²) < 4.78 is 0. The molecule has 0 saturated carbocycles. The minimum Gasteiger partial charge on any atom is -0.480 e. The zero-order valence-electron chi connectivity index (χ0n) is 12.8. The first-order valence-electron chi connectivity index (χ1n) is 6.69. The number of rotatable bonds is 9. The summed E-state index contributed by atoms with van der Waals surface area (Å²) in [5.41, 5.74) is 10.1. The fourth-order valence-corrected chi connectivity index (χ4v) is 1.45. The van der Waals surface area contributed by atoms with Crippen LogP contribution in [0.5, 0.6) is 0 Å². The molecule has 0 spiro atoms. The second-order valence-electron chi connectivity index (χ2n) is 4.79. The quantitative estimate of drug-likeness (QED) is 0.251. The predicted octanol–water partition coefficient (Wildman–Crippen LogP) is -3.60. The van der Waals surface area contributed by atoms with Gasteiger partial charge in [-0.05, 0) is 13.8 Å². The van der Waals surface area contributed by atoms with E-state index >= 15 is 0 Å². The largest absolute Gasteiger partial charge is 0.480 e. The molecular weight excluding hydrogens is 310 g/mol. The summed E-state index contributed by atoms with van der Waals surface area (Å²) in [5.74, 6) is -4.37. The van der Waals surface area contributed by atoms with E-state index in [1.54, 1.807) is 0 Å². The van der Waals surface area contributed by atoms with Gasteiger partial charge in [-0.3, -0.25) is 24.0 Å². The van der Waals surface area contributed by atoms with Crippen LogP contribution < -0.4 is 27.4 Å². The molecule has 11 nitrogen and oxygen atoms in total. The van der Waals surface area contributed by atoms with Gasteiger partial charge in [0.2, 0.25) is 23.6 Å². The molecule has 8 N–H and O–H groups in total. The van der Waals surface area contributed by atoms with Crippen LogP contribution in [0.2, 0.25) is 0 Å². The van der Waals surface area contributed by atoms with E-state index in [9.17, 15) is 24.0 Å². The topological polar surface area (TPSA) is 194 Å². The maximum absolute atomic E-state index is 11.9. The van der Waals surface area contributed by atoms with Gasteiger partial charge in [-0.2, -0.15) is 0 Å². The molecule has 0 radical (unpaired) electrons. The molecule has 0 fully saturated rings. The molecule has 23 heavy (non-hydrogen) atoms. The Balaban J connectivity index is 4.87. The Morgan fingerprint density at radius 2 is 1.52 bits per heavy atom. The third-order valence-electron chi connectivity index (χ3n) is 2.72. The lowest BCUT2D eigenvalue weighted by molar-refractivity contribution is -0.142. The number of hydrogen-bond acceptors (Lipinski definition) is 6. The van der Waals surface area contributed by atoms with Gasteiger partial charge in [0.15, 0.2) is 0 Å². The molecular formula is C12H21N5O6. The van der Waals surface area contributed by atoms with E-state index < -0.39 is 54.1 Å². The van der Waals surface area contributed by atoms with Crippen LogP contribution >= 0.6 is 0 Å². The smallest absolute Gasteiger partial charge is 0.325 e. The first-order valence-corrected chi connectivity index (χ1v) is 6.69. The van der Waals surface area contributed by atoms with E-state index in [0.717, 1.165) is 0 Å². The van der Waals surface area contributed by atoms with Crippen LogP contribution in [0.25, 0.3) is 0 Å². The van der Waals surface area contributed by atoms with Crippen LogP contribution in [0, 0.1) is 0 Å². The highest BCUT2D eigenvalue weighted by atomic mass is 16.4. The van der Waals surface area contributed by atoms with Crippen molar-refractivity contribution in [3.8, 4) is 0 Å². The van der Waals surface area contributed by atoms with E-state index in [-0.39, 0.29) is 6.54 Å². The van der Waals surface area contributed by atoms with Gasteiger partial charge in [-0.25, -0.2) is 0 Å². The summed E-state index contributed by atoms with van der Waals surface area (Å²) in [7, 11) is 0. The molecule has 0 heterocycles. The van der Waals surface area contributed by atoms with Crippen molar-refractivity contribution < 1.29 is 29.1 Å². The van der Waals surface area contributed by atoms with Crippen LogP contribution in [0.1, 0.15) is 20.3 Å². The highest BCUT2D eigenvalue weighted by molar-refractivity contribution is 5.95. The Bertz CT molecular complexity index is 494. The number of carbonyl (C=O) groups excluding carboxylic acids is 4. The Morgan fingerprint density at radius 3 is 1.96 bits per heavy atom. The number of carbonyl (C=O) groups is 5. The third kappa shape index (κ3) is 7.76. The number of carboxylic acids is 1. The summed E-state index contributed by atoms with van der Waals surface area (Å²) in [6, 6.07) is -3.59. The van der Waals surface area contributed by atoms with Gasteiger partial charge < -0.3 is 32.5 Å². The maximum Gasteiger partial charge on any atom is 0.325 e. The van der Waals surface area contributed by atoms with Crippen molar-refractivity contribution in [3.63, 3.8) is 0 Å². The molecule has 0 aromatic rings. The lowest BCUT2D eigenvalue weighted by Gasteiger charge is -2.21. The summed E-state index contributed by atoms with van der Waals surface area (Å²) in [5, 5.41) is 15.3. The number of nitrogens with one attached hydrogen (secondary N) is 3. The summed E-state index contributed by atoms with van der Waals surface area (Å²) in [4.78, 5) is 56.6. The van der Waals surface area contributed by atoms with Crippen LogP contribution in [-0.2, 0) is 24.0 Å². The number of hydrogen-bond donors (Lipinski definition) is 6. The van der Waals surface area contributed by atoms with E-state index in [0.29, 0.717) is 0 Å². The average Bonchev–Trinajstić information content (AvgIpc) is 2.45. The van der Waals surface area contributed by atoms with Crippen molar-refractivity contribution in [2.45, 2.75) is 38.4 Å².